The number of halogens is 4. The fourth-order valence-corrected chi connectivity index (χ4v) is 5.18. The molecule has 0 atom stereocenters. The van der Waals surface area contributed by atoms with Crippen LogP contribution in [0.4, 0.5) is 8.78 Å². The van der Waals surface area contributed by atoms with Crippen LogP contribution in [0.2, 0.25) is 10.0 Å². The summed E-state index contributed by atoms with van der Waals surface area (Å²) in [7, 11) is 0. The molecule has 0 nitrogen and oxygen atoms in total. The van der Waals surface area contributed by atoms with Crippen LogP contribution in [0, 0.1) is 17.6 Å². The Kier molecular flexibility index (Phi) is 5.81. The van der Waals surface area contributed by atoms with Gasteiger partial charge in [0.1, 0.15) is 11.6 Å². The number of hydrogen-bond donors (Lipinski definition) is 0. The minimum Gasteiger partial charge on any atom is -0.206 e. The van der Waals surface area contributed by atoms with Gasteiger partial charge < -0.3 is 0 Å². The molecule has 0 aliphatic heterocycles. The zero-order valence-corrected chi connectivity index (χ0v) is 17.5. The first-order chi connectivity index (χ1) is 13.5. The summed E-state index contributed by atoms with van der Waals surface area (Å²) in [4.78, 5) is 0. The lowest BCUT2D eigenvalue weighted by atomic mass is 9.77. The second-order valence-electron chi connectivity index (χ2n) is 8.18. The molecule has 4 heteroatoms. The van der Waals surface area contributed by atoms with Crippen LogP contribution in [0.3, 0.4) is 0 Å². The highest BCUT2D eigenvalue weighted by atomic mass is 35.5. The predicted molar refractivity (Wildman–Crippen MR) is 114 cm³/mol. The van der Waals surface area contributed by atoms with Gasteiger partial charge in [-0.25, -0.2) is 8.78 Å². The summed E-state index contributed by atoms with van der Waals surface area (Å²) in [5, 5.41) is 0.915. The van der Waals surface area contributed by atoms with Crippen LogP contribution >= 0.6 is 23.2 Å². The van der Waals surface area contributed by atoms with Gasteiger partial charge in [-0.1, -0.05) is 49.0 Å². The highest BCUT2D eigenvalue weighted by molar-refractivity contribution is 6.42. The second-order valence-corrected chi connectivity index (χ2v) is 8.99. The van der Waals surface area contributed by atoms with Crippen LogP contribution in [0.1, 0.15) is 73.6 Å². The van der Waals surface area contributed by atoms with E-state index in [0.717, 1.165) is 48.3 Å². The van der Waals surface area contributed by atoms with Crippen molar-refractivity contribution >= 4 is 34.9 Å². The molecule has 4 rings (SSSR count). The molecule has 2 aliphatic carbocycles. The average molecular weight is 421 g/mol. The Morgan fingerprint density at radius 1 is 0.929 bits per heavy atom. The Morgan fingerprint density at radius 3 is 2.21 bits per heavy atom. The smallest absolute Gasteiger partial charge is 0.133 e. The lowest BCUT2D eigenvalue weighted by molar-refractivity contribution is 0.307. The van der Waals surface area contributed by atoms with Crippen molar-refractivity contribution in [2.45, 2.75) is 57.8 Å². The molecule has 0 aromatic heterocycles. The van der Waals surface area contributed by atoms with E-state index in [1.54, 1.807) is 24.3 Å². The van der Waals surface area contributed by atoms with Gasteiger partial charge >= 0.3 is 0 Å². The summed E-state index contributed by atoms with van der Waals surface area (Å²) in [6.45, 7) is 2.22. The molecule has 148 valence electrons. The van der Waals surface area contributed by atoms with E-state index in [1.807, 2.05) is 6.08 Å². The fourth-order valence-electron chi connectivity index (χ4n) is 4.82. The van der Waals surface area contributed by atoms with Crippen LogP contribution in [0.5, 0.6) is 0 Å². The molecule has 0 heterocycles. The molecule has 0 unspecified atom stereocenters. The van der Waals surface area contributed by atoms with Gasteiger partial charge in [0.25, 0.3) is 0 Å². The van der Waals surface area contributed by atoms with Crippen molar-refractivity contribution < 1.29 is 8.78 Å². The standard InChI is InChI=1S/C24H24Cl2F2/c1-2-3-14-4-6-15(7-5-14)18-12-22(27)24(23(28)13-18)19-8-16-10-20(25)21(26)11-17(16)9-19/h8,10-15H,2-7,9H2,1H3. The number of hydrogen-bond acceptors (Lipinski definition) is 0. The van der Waals surface area contributed by atoms with Crippen molar-refractivity contribution in [2.75, 3.05) is 0 Å². The topological polar surface area (TPSA) is 0 Å². The van der Waals surface area contributed by atoms with E-state index < -0.39 is 11.6 Å². The zero-order valence-electron chi connectivity index (χ0n) is 16.0. The predicted octanol–water partition coefficient (Wildman–Crippen LogP) is 8.44. The SMILES string of the molecule is CCCC1CCC(c2cc(F)c(C3=Cc4cc(Cl)c(Cl)cc4C3)c(F)c2)CC1. The van der Waals surface area contributed by atoms with Gasteiger partial charge in [-0.2, -0.15) is 0 Å². The van der Waals surface area contributed by atoms with E-state index in [0.29, 0.717) is 22.0 Å². The summed E-state index contributed by atoms with van der Waals surface area (Å²) >= 11 is 12.2. The highest BCUT2D eigenvalue weighted by Crippen LogP contribution is 2.41. The first-order valence-corrected chi connectivity index (χ1v) is 10.9. The molecule has 0 radical (unpaired) electrons. The van der Waals surface area contributed by atoms with Gasteiger partial charge in [-0.15, -0.1) is 0 Å². The van der Waals surface area contributed by atoms with Crippen molar-refractivity contribution in [3.8, 4) is 0 Å². The molecule has 28 heavy (non-hydrogen) atoms. The number of allylic oxidation sites excluding steroid dienone is 1. The minimum absolute atomic E-state index is 0.0758. The van der Waals surface area contributed by atoms with Gasteiger partial charge in [-0.05, 0) is 90.5 Å². The summed E-state index contributed by atoms with van der Waals surface area (Å²) in [6, 6.07) is 6.63. The summed E-state index contributed by atoms with van der Waals surface area (Å²) < 4.78 is 29.9. The molecule has 0 amide bonds. The van der Waals surface area contributed by atoms with Crippen LogP contribution < -0.4 is 0 Å². The van der Waals surface area contributed by atoms with Gasteiger partial charge in [0.15, 0.2) is 0 Å². The van der Waals surface area contributed by atoms with Gasteiger partial charge in [0.2, 0.25) is 0 Å². The molecule has 2 aromatic rings. The number of rotatable bonds is 4. The maximum absolute atomic E-state index is 15.0. The molecular weight excluding hydrogens is 397 g/mol. The Bertz CT molecular complexity index is 901. The second kappa shape index (κ2) is 8.16. The molecule has 0 spiro atoms. The van der Waals surface area contributed by atoms with Crippen LogP contribution in [0.25, 0.3) is 11.6 Å². The van der Waals surface area contributed by atoms with E-state index in [2.05, 4.69) is 6.92 Å². The normalized spacial score (nSPS) is 21.5. The first kappa shape index (κ1) is 19.9. The maximum Gasteiger partial charge on any atom is 0.133 e. The first-order valence-electron chi connectivity index (χ1n) is 10.1. The van der Waals surface area contributed by atoms with Crippen LogP contribution in [-0.4, -0.2) is 0 Å². The average Bonchev–Trinajstić information content (AvgIpc) is 3.04. The van der Waals surface area contributed by atoms with E-state index in [1.165, 1.54) is 12.8 Å². The quantitative estimate of drug-likeness (QED) is 0.465. The van der Waals surface area contributed by atoms with Gasteiger partial charge in [0.05, 0.1) is 10.0 Å². The number of benzene rings is 2. The Morgan fingerprint density at radius 2 is 1.57 bits per heavy atom. The third-order valence-electron chi connectivity index (χ3n) is 6.29. The molecular formula is C24H24Cl2F2. The zero-order chi connectivity index (χ0) is 19.8. The van der Waals surface area contributed by atoms with Crippen molar-refractivity contribution in [1.82, 2.24) is 0 Å². The molecule has 1 saturated carbocycles. The fraction of sp³-hybridized carbons (Fsp3) is 0.417. The monoisotopic (exact) mass is 420 g/mol. The molecule has 1 fully saturated rings. The van der Waals surface area contributed by atoms with Crippen molar-refractivity contribution in [3.63, 3.8) is 0 Å². The molecule has 2 aliphatic rings. The van der Waals surface area contributed by atoms with E-state index in [4.69, 9.17) is 23.2 Å². The lowest BCUT2D eigenvalue weighted by Crippen LogP contribution is -2.14. The third kappa shape index (κ3) is 3.86. The van der Waals surface area contributed by atoms with Gasteiger partial charge in [0, 0.05) is 5.56 Å². The Hall–Kier alpha value is -1.38. The van der Waals surface area contributed by atoms with Crippen molar-refractivity contribution in [1.29, 1.82) is 0 Å². The number of fused-ring (bicyclic) bond motifs is 1. The summed E-state index contributed by atoms with van der Waals surface area (Å²) in [5.74, 6) is 0.0957. The summed E-state index contributed by atoms with van der Waals surface area (Å²) in [6.07, 6.45) is 9.10. The van der Waals surface area contributed by atoms with Crippen LogP contribution in [-0.2, 0) is 6.42 Å². The van der Waals surface area contributed by atoms with Crippen molar-refractivity contribution in [3.05, 3.63) is 68.2 Å². The lowest BCUT2D eigenvalue weighted by Gasteiger charge is -2.29. The van der Waals surface area contributed by atoms with E-state index in [-0.39, 0.29) is 11.5 Å². The van der Waals surface area contributed by atoms with Crippen LogP contribution in [0.15, 0.2) is 24.3 Å². The van der Waals surface area contributed by atoms with Crippen molar-refractivity contribution in [2.24, 2.45) is 5.92 Å². The molecule has 0 saturated heterocycles. The minimum atomic E-state index is -0.470. The molecule has 2 aromatic carbocycles. The summed E-state index contributed by atoms with van der Waals surface area (Å²) in [5.41, 5.74) is 3.34. The Balaban J connectivity index is 1.57. The highest BCUT2D eigenvalue weighted by Gasteiger charge is 2.26. The largest absolute Gasteiger partial charge is 0.206 e. The molecule has 0 N–H and O–H groups in total. The third-order valence-corrected chi connectivity index (χ3v) is 7.02. The van der Waals surface area contributed by atoms with E-state index in [9.17, 15) is 8.78 Å². The van der Waals surface area contributed by atoms with Gasteiger partial charge in [-0.3, -0.25) is 0 Å². The maximum atomic E-state index is 15.0. The Labute approximate surface area is 175 Å². The van der Waals surface area contributed by atoms with E-state index >= 15 is 0 Å². The molecule has 0 bridgehead atoms.